The van der Waals surface area contributed by atoms with Crippen LogP contribution in [-0.2, 0) is 10.0 Å². The van der Waals surface area contributed by atoms with Gasteiger partial charge in [0.25, 0.3) is 5.91 Å². The van der Waals surface area contributed by atoms with Crippen LogP contribution in [0.3, 0.4) is 0 Å². The normalized spacial score (nSPS) is 15.1. The summed E-state index contributed by atoms with van der Waals surface area (Å²) in [5, 5.41) is 0. The summed E-state index contributed by atoms with van der Waals surface area (Å²) >= 11 is 1.45. The van der Waals surface area contributed by atoms with E-state index in [1.165, 1.54) is 23.4 Å². The number of piperidine rings is 1. The van der Waals surface area contributed by atoms with Crippen molar-refractivity contribution >= 4 is 27.7 Å². The Labute approximate surface area is 195 Å². The number of aryl methyl sites for hydroxylation is 2. The molecule has 6 nitrogen and oxygen atoms in total. The molecule has 1 fully saturated rings. The molecule has 0 bridgehead atoms. The highest BCUT2D eigenvalue weighted by Gasteiger charge is 2.25. The zero-order valence-electron chi connectivity index (χ0n) is 19.2. The monoisotopic (exact) mass is 476 g/mol. The lowest BCUT2D eigenvalue weighted by Gasteiger charge is -2.30. The van der Waals surface area contributed by atoms with E-state index in [2.05, 4.69) is 11.6 Å². The van der Waals surface area contributed by atoms with Gasteiger partial charge in [0.05, 0.1) is 10.5 Å². The van der Waals surface area contributed by atoms with Crippen molar-refractivity contribution in [2.75, 3.05) is 32.5 Å². The highest BCUT2D eigenvalue weighted by atomic mass is 32.2. The molecule has 8 heteroatoms. The first-order valence-corrected chi connectivity index (χ1v) is 13.6. The van der Waals surface area contributed by atoms with E-state index in [9.17, 15) is 13.2 Å². The summed E-state index contributed by atoms with van der Waals surface area (Å²) in [5.74, 6) is 1.22. The van der Waals surface area contributed by atoms with Crippen LogP contribution in [-0.4, -0.2) is 51.7 Å². The fourth-order valence-electron chi connectivity index (χ4n) is 3.64. The molecule has 0 radical (unpaired) electrons. The fraction of sp³-hybridized carbons (Fsp3) is 0.458. The Balaban J connectivity index is 1.67. The Morgan fingerprint density at radius 2 is 1.84 bits per heavy atom. The van der Waals surface area contributed by atoms with Gasteiger partial charge in [0.2, 0.25) is 10.0 Å². The van der Waals surface area contributed by atoms with Gasteiger partial charge in [-0.3, -0.25) is 4.79 Å². The smallest absolute Gasteiger partial charge is 0.255 e. The lowest BCUT2D eigenvalue weighted by molar-refractivity contribution is 0.0693. The first-order chi connectivity index (χ1) is 15.2. The molecule has 0 aliphatic carbocycles. The molecule has 174 valence electrons. The third-order valence-electron chi connectivity index (χ3n) is 5.92. The standard InChI is InChI=1S/C24H32N2O4S2/c1-17-9-12-26(13-10-17)24(27)22-16-21(7-8-23(22)31-4)32(28,29)25-11-14-30-20-6-5-18(2)19(3)15-20/h5-8,15-17,25H,9-14H2,1-4H3. The van der Waals surface area contributed by atoms with Crippen LogP contribution in [0.25, 0.3) is 0 Å². The van der Waals surface area contributed by atoms with Gasteiger partial charge in [0.15, 0.2) is 0 Å². The van der Waals surface area contributed by atoms with Gasteiger partial charge in [-0.1, -0.05) is 13.0 Å². The molecule has 1 heterocycles. The quantitative estimate of drug-likeness (QED) is 0.455. The number of thioether (sulfide) groups is 1. The number of rotatable bonds is 8. The predicted molar refractivity (Wildman–Crippen MR) is 129 cm³/mol. The Morgan fingerprint density at radius 1 is 1.12 bits per heavy atom. The van der Waals surface area contributed by atoms with Crippen LogP contribution < -0.4 is 9.46 Å². The van der Waals surface area contributed by atoms with E-state index >= 15 is 0 Å². The minimum absolute atomic E-state index is 0.0928. The summed E-state index contributed by atoms with van der Waals surface area (Å²) in [6, 6.07) is 10.5. The summed E-state index contributed by atoms with van der Waals surface area (Å²) in [4.78, 5) is 15.8. The first-order valence-electron chi connectivity index (χ1n) is 10.9. The highest BCUT2D eigenvalue weighted by molar-refractivity contribution is 7.98. The van der Waals surface area contributed by atoms with Crippen molar-refractivity contribution in [1.29, 1.82) is 0 Å². The number of amides is 1. The molecule has 1 N–H and O–H groups in total. The van der Waals surface area contributed by atoms with E-state index < -0.39 is 10.0 Å². The first kappa shape index (κ1) is 24.6. The molecule has 0 saturated carbocycles. The minimum Gasteiger partial charge on any atom is -0.492 e. The van der Waals surface area contributed by atoms with E-state index in [1.807, 2.05) is 43.2 Å². The van der Waals surface area contributed by atoms with E-state index in [0.29, 0.717) is 30.3 Å². The molecule has 0 aromatic heterocycles. The number of hydrogen-bond donors (Lipinski definition) is 1. The van der Waals surface area contributed by atoms with Crippen LogP contribution in [0.4, 0.5) is 0 Å². The molecule has 0 atom stereocenters. The average Bonchev–Trinajstić information content (AvgIpc) is 2.78. The Bertz CT molecular complexity index is 1060. The van der Waals surface area contributed by atoms with Crippen LogP contribution in [0.1, 0.15) is 41.3 Å². The molecule has 1 aliphatic rings. The lowest BCUT2D eigenvalue weighted by atomic mass is 9.98. The molecule has 0 spiro atoms. The number of likely N-dealkylation sites (tertiary alicyclic amines) is 1. The predicted octanol–water partition coefficient (Wildman–Crippen LogP) is 4.25. The Morgan fingerprint density at radius 3 is 2.50 bits per heavy atom. The number of nitrogens with one attached hydrogen (secondary N) is 1. The van der Waals surface area contributed by atoms with Crippen LogP contribution in [0.5, 0.6) is 5.75 Å². The highest BCUT2D eigenvalue weighted by Crippen LogP contribution is 2.27. The molecule has 1 amide bonds. The van der Waals surface area contributed by atoms with Gasteiger partial charge in [-0.15, -0.1) is 11.8 Å². The minimum atomic E-state index is -3.76. The summed E-state index contributed by atoms with van der Waals surface area (Å²) in [6.45, 7) is 7.98. The van der Waals surface area contributed by atoms with Gasteiger partial charge in [-0.2, -0.15) is 0 Å². The zero-order chi connectivity index (χ0) is 23.3. The maximum atomic E-state index is 13.1. The van der Waals surface area contributed by atoms with Crippen LogP contribution in [0.2, 0.25) is 0 Å². The second-order valence-corrected chi connectivity index (χ2v) is 10.9. The third-order valence-corrected chi connectivity index (χ3v) is 8.18. The molecule has 3 rings (SSSR count). The third kappa shape index (κ3) is 6.05. The molecule has 2 aromatic carbocycles. The van der Waals surface area contributed by atoms with Crippen LogP contribution in [0.15, 0.2) is 46.2 Å². The molecule has 1 saturated heterocycles. The van der Waals surface area contributed by atoms with Gasteiger partial charge in [0.1, 0.15) is 12.4 Å². The van der Waals surface area contributed by atoms with E-state index in [4.69, 9.17) is 4.74 Å². The second kappa shape index (κ2) is 10.7. The lowest BCUT2D eigenvalue weighted by Crippen LogP contribution is -2.38. The van der Waals surface area contributed by atoms with Crippen molar-refractivity contribution in [3.05, 3.63) is 53.1 Å². The number of benzene rings is 2. The van der Waals surface area contributed by atoms with E-state index in [-0.39, 0.29) is 24.0 Å². The molecule has 0 unspecified atom stereocenters. The van der Waals surface area contributed by atoms with Gasteiger partial charge < -0.3 is 9.64 Å². The summed E-state index contributed by atoms with van der Waals surface area (Å²) in [6.07, 6.45) is 3.84. The van der Waals surface area contributed by atoms with Gasteiger partial charge in [-0.05, 0) is 80.3 Å². The van der Waals surface area contributed by atoms with Crippen LogP contribution >= 0.6 is 11.8 Å². The molecule has 2 aromatic rings. The average molecular weight is 477 g/mol. The van der Waals surface area contributed by atoms with Gasteiger partial charge in [-0.25, -0.2) is 13.1 Å². The van der Waals surface area contributed by atoms with Crippen molar-refractivity contribution < 1.29 is 17.9 Å². The molecular formula is C24H32N2O4S2. The summed E-state index contributed by atoms with van der Waals surface area (Å²) in [7, 11) is -3.76. The number of ether oxygens (including phenoxy) is 1. The maximum Gasteiger partial charge on any atom is 0.255 e. The number of hydrogen-bond acceptors (Lipinski definition) is 5. The second-order valence-electron chi connectivity index (χ2n) is 8.33. The van der Waals surface area contributed by atoms with Crippen molar-refractivity contribution in [2.24, 2.45) is 5.92 Å². The van der Waals surface area contributed by atoms with E-state index in [1.54, 1.807) is 12.1 Å². The molecule has 32 heavy (non-hydrogen) atoms. The fourth-order valence-corrected chi connectivity index (χ4v) is 5.24. The number of sulfonamides is 1. The van der Waals surface area contributed by atoms with Crippen LogP contribution in [0, 0.1) is 19.8 Å². The number of carbonyl (C=O) groups excluding carboxylic acids is 1. The van der Waals surface area contributed by atoms with Crippen molar-refractivity contribution in [3.8, 4) is 5.75 Å². The number of carbonyl (C=O) groups is 1. The van der Waals surface area contributed by atoms with Gasteiger partial charge >= 0.3 is 0 Å². The number of nitrogens with zero attached hydrogens (tertiary/aromatic N) is 1. The van der Waals surface area contributed by atoms with Crippen molar-refractivity contribution in [3.63, 3.8) is 0 Å². The van der Waals surface area contributed by atoms with Crippen molar-refractivity contribution in [1.82, 2.24) is 9.62 Å². The van der Waals surface area contributed by atoms with E-state index in [0.717, 1.165) is 23.3 Å². The Kier molecular flexibility index (Phi) is 8.25. The molecule has 1 aliphatic heterocycles. The van der Waals surface area contributed by atoms with Crippen molar-refractivity contribution in [2.45, 2.75) is 43.4 Å². The molecular weight excluding hydrogens is 444 g/mol. The zero-order valence-corrected chi connectivity index (χ0v) is 20.8. The topological polar surface area (TPSA) is 75.7 Å². The van der Waals surface area contributed by atoms with Gasteiger partial charge in [0, 0.05) is 24.5 Å². The largest absolute Gasteiger partial charge is 0.492 e. The summed E-state index contributed by atoms with van der Waals surface area (Å²) in [5.41, 5.74) is 2.75. The Hall–Kier alpha value is -2.03. The summed E-state index contributed by atoms with van der Waals surface area (Å²) < 4.78 is 33.9. The maximum absolute atomic E-state index is 13.1. The SMILES string of the molecule is CSc1ccc(S(=O)(=O)NCCOc2ccc(C)c(C)c2)cc1C(=O)N1CCC(C)CC1.